The summed E-state index contributed by atoms with van der Waals surface area (Å²) in [5, 5.41) is 3.56. The average molecular weight is 261 g/mol. The Labute approximate surface area is 113 Å². The van der Waals surface area contributed by atoms with Gasteiger partial charge in [-0.1, -0.05) is 25.5 Å². The second-order valence-electron chi connectivity index (χ2n) is 6.12. The molecule has 3 heteroatoms. The molecule has 0 spiro atoms. The zero-order valence-electron chi connectivity index (χ0n) is 11.3. The summed E-state index contributed by atoms with van der Waals surface area (Å²) in [6.45, 7) is 2.08. The molecule has 2 aliphatic rings. The predicted octanol–water partition coefficient (Wildman–Crippen LogP) is 3.38. The second-order valence-corrected chi connectivity index (χ2v) is 6.12. The van der Waals surface area contributed by atoms with Crippen molar-refractivity contribution in [3.63, 3.8) is 0 Å². The lowest BCUT2D eigenvalue weighted by atomic mass is 9.76. The Morgan fingerprint density at radius 3 is 3.00 bits per heavy atom. The van der Waals surface area contributed by atoms with Crippen molar-refractivity contribution >= 4 is 5.78 Å². The first kappa shape index (κ1) is 12.8. The molecule has 1 heterocycles. The maximum Gasteiger partial charge on any atom is 0.140 e. The SMILES string of the molecule is C[C@]12C[C@@H](c3cccc(F)c3)N[C@H]1CCCCC2=O. The third-order valence-corrected chi connectivity index (χ3v) is 4.83. The van der Waals surface area contributed by atoms with Crippen molar-refractivity contribution in [3.05, 3.63) is 35.6 Å². The van der Waals surface area contributed by atoms with Gasteiger partial charge in [-0.05, 0) is 37.0 Å². The normalized spacial score (nSPS) is 34.9. The number of fused-ring (bicyclic) bond motifs is 1. The topological polar surface area (TPSA) is 29.1 Å². The number of halogens is 1. The molecule has 19 heavy (non-hydrogen) atoms. The minimum Gasteiger partial charge on any atom is -0.306 e. The number of nitrogens with one attached hydrogen (secondary N) is 1. The van der Waals surface area contributed by atoms with Crippen LogP contribution in [0.4, 0.5) is 4.39 Å². The van der Waals surface area contributed by atoms with Crippen LogP contribution < -0.4 is 5.32 Å². The van der Waals surface area contributed by atoms with Gasteiger partial charge in [-0.15, -0.1) is 0 Å². The second kappa shape index (κ2) is 4.71. The lowest BCUT2D eigenvalue weighted by Gasteiger charge is -2.26. The fourth-order valence-corrected chi connectivity index (χ4v) is 3.62. The van der Waals surface area contributed by atoms with Crippen LogP contribution in [-0.4, -0.2) is 11.8 Å². The van der Waals surface area contributed by atoms with Gasteiger partial charge in [0.2, 0.25) is 0 Å². The summed E-state index contributed by atoms with van der Waals surface area (Å²) in [4.78, 5) is 12.3. The zero-order chi connectivity index (χ0) is 13.5. The van der Waals surface area contributed by atoms with Crippen LogP contribution in [0.5, 0.6) is 0 Å². The summed E-state index contributed by atoms with van der Waals surface area (Å²) in [5.74, 6) is 0.171. The van der Waals surface area contributed by atoms with E-state index in [1.807, 2.05) is 6.07 Å². The Morgan fingerprint density at radius 2 is 2.21 bits per heavy atom. The van der Waals surface area contributed by atoms with Crippen LogP contribution >= 0.6 is 0 Å². The molecule has 3 atom stereocenters. The molecule has 0 unspecified atom stereocenters. The van der Waals surface area contributed by atoms with Gasteiger partial charge in [0.25, 0.3) is 0 Å². The fourth-order valence-electron chi connectivity index (χ4n) is 3.62. The molecule has 1 aliphatic heterocycles. The van der Waals surface area contributed by atoms with Gasteiger partial charge in [-0.3, -0.25) is 4.79 Å². The van der Waals surface area contributed by atoms with Gasteiger partial charge >= 0.3 is 0 Å². The molecule has 0 aromatic heterocycles. The minimum atomic E-state index is -0.270. The van der Waals surface area contributed by atoms with Crippen LogP contribution in [0.1, 0.15) is 50.6 Å². The third kappa shape index (κ3) is 2.20. The van der Waals surface area contributed by atoms with Gasteiger partial charge in [0.15, 0.2) is 0 Å². The molecule has 3 rings (SSSR count). The van der Waals surface area contributed by atoms with E-state index in [4.69, 9.17) is 0 Å². The quantitative estimate of drug-likeness (QED) is 0.839. The lowest BCUT2D eigenvalue weighted by Crippen LogP contribution is -2.39. The van der Waals surface area contributed by atoms with E-state index in [9.17, 15) is 9.18 Å². The van der Waals surface area contributed by atoms with Gasteiger partial charge in [-0.25, -0.2) is 4.39 Å². The molecule has 1 saturated heterocycles. The van der Waals surface area contributed by atoms with E-state index in [1.165, 1.54) is 6.07 Å². The van der Waals surface area contributed by atoms with E-state index in [2.05, 4.69) is 12.2 Å². The molecule has 0 amide bonds. The molecule has 1 saturated carbocycles. The van der Waals surface area contributed by atoms with Gasteiger partial charge in [0, 0.05) is 23.9 Å². The highest BCUT2D eigenvalue weighted by molar-refractivity contribution is 5.86. The van der Waals surface area contributed by atoms with Crippen LogP contribution in [0.15, 0.2) is 24.3 Å². The molecule has 2 nitrogen and oxygen atoms in total. The maximum atomic E-state index is 13.3. The highest BCUT2D eigenvalue weighted by Crippen LogP contribution is 2.45. The van der Waals surface area contributed by atoms with E-state index in [0.717, 1.165) is 31.2 Å². The minimum absolute atomic E-state index is 0.104. The van der Waals surface area contributed by atoms with Crippen LogP contribution in [-0.2, 0) is 4.79 Å². The standard InChI is InChI=1S/C16H20FNO/c1-16-10-13(11-5-4-6-12(17)9-11)18-14(16)7-2-3-8-15(16)19/h4-6,9,13-14,18H,2-3,7-8,10H2,1H3/t13-,14-,16-/m0/s1. The van der Waals surface area contributed by atoms with Gasteiger partial charge in [0.1, 0.15) is 11.6 Å². The van der Waals surface area contributed by atoms with Gasteiger partial charge < -0.3 is 5.32 Å². The fraction of sp³-hybridized carbons (Fsp3) is 0.562. The molecule has 0 bridgehead atoms. The monoisotopic (exact) mass is 261 g/mol. The molecular weight excluding hydrogens is 241 g/mol. The summed E-state index contributed by atoms with van der Waals surface area (Å²) in [6, 6.07) is 7.08. The van der Waals surface area contributed by atoms with Crippen LogP contribution in [0, 0.1) is 11.2 Å². The summed E-state index contributed by atoms with van der Waals surface area (Å²) < 4.78 is 13.3. The number of carbonyl (C=O) groups is 1. The molecular formula is C16H20FNO. The Morgan fingerprint density at radius 1 is 1.37 bits per heavy atom. The number of benzene rings is 1. The summed E-state index contributed by atoms with van der Waals surface area (Å²) in [5.41, 5.74) is 0.690. The Hall–Kier alpha value is -1.22. The Kier molecular flexibility index (Phi) is 3.17. The maximum absolute atomic E-state index is 13.3. The average Bonchev–Trinajstić information content (AvgIpc) is 2.67. The van der Waals surface area contributed by atoms with Crippen LogP contribution in [0.3, 0.4) is 0 Å². The molecule has 1 N–H and O–H groups in total. The summed E-state index contributed by atoms with van der Waals surface area (Å²) >= 11 is 0. The third-order valence-electron chi connectivity index (χ3n) is 4.83. The van der Waals surface area contributed by atoms with Crippen molar-refractivity contribution in [1.29, 1.82) is 0 Å². The molecule has 1 aliphatic carbocycles. The lowest BCUT2D eigenvalue weighted by molar-refractivity contribution is -0.127. The van der Waals surface area contributed by atoms with E-state index in [-0.39, 0.29) is 23.3 Å². The highest BCUT2D eigenvalue weighted by Gasteiger charge is 2.48. The largest absolute Gasteiger partial charge is 0.306 e. The van der Waals surface area contributed by atoms with E-state index in [0.29, 0.717) is 12.2 Å². The van der Waals surface area contributed by atoms with Crippen molar-refractivity contribution < 1.29 is 9.18 Å². The van der Waals surface area contributed by atoms with E-state index < -0.39 is 0 Å². The number of Topliss-reactive ketones (excluding diaryl/α,β-unsaturated/α-hetero) is 1. The van der Waals surface area contributed by atoms with Crippen molar-refractivity contribution in [3.8, 4) is 0 Å². The molecule has 1 aromatic rings. The number of carbonyl (C=O) groups excluding carboxylic acids is 1. The van der Waals surface area contributed by atoms with Crippen molar-refractivity contribution in [2.45, 2.75) is 51.1 Å². The van der Waals surface area contributed by atoms with Crippen LogP contribution in [0.2, 0.25) is 0 Å². The van der Waals surface area contributed by atoms with Crippen molar-refractivity contribution in [2.24, 2.45) is 5.41 Å². The number of hydrogen-bond donors (Lipinski definition) is 1. The predicted molar refractivity (Wildman–Crippen MR) is 72.3 cm³/mol. The van der Waals surface area contributed by atoms with Crippen molar-refractivity contribution in [1.82, 2.24) is 5.32 Å². The number of ketones is 1. The molecule has 2 fully saturated rings. The Balaban J connectivity index is 1.87. The van der Waals surface area contributed by atoms with E-state index in [1.54, 1.807) is 12.1 Å². The molecule has 1 aromatic carbocycles. The zero-order valence-corrected chi connectivity index (χ0v) is 11.3. The number of hydrogen-bond acceptors (Lipinski definition) is 2. The highest BCUT2D eigenvalue weighted by atomic mass is 19.1. The first-order chi connectivity index (χ1) is 9.09. The number of rotatable bonds is 1. The van der Waals surface area contributed by atoms with Crippen molar-refractivity contribution in [2.75, 3.05) is 0 Å². The summed E-state index contributed by atoms with van der Waals surface area (Å²) in [6.07, 6.45) is 4.66. The van der Waals surface area contributed by atoms with E-state index >= 15 is 0 Å². The molecule has 102 valence electrons. The first-order valence-corrected chi connectivity index (χ1v) is 7.14. The first-order valence-electron chi connectivity index (χ1n) is 7.14. The van der Waals surface area contributed by atoms with Crippen LogP contribution in [0.25, 0.3) is 0 Å². The smallest absolute Gasteiger partial charge is 0.140 e. The molecule has 0 radical (unpaired) electrons. The Bertz CT molecular complexity index is 501. The van der Waals surface area contributed by atoms with Gasteiger partial charge in [0.05, 0.1) is 0 Å². The van der Waals surface area contributed by atoms with Gasteiger partial charge in [-0.2, -0.15) is 0 Å². The summed E-state index contributed by atoms with van der Waals surface area (Å²) in [7, 11) is 0.